The van der Waals surface area contributed by atoms with E-state index in [1.54, 1.807) is 6.92 Å². The van der Waals surface area contributed by atoms with Crippen LogP contribution in [0, 0.1) is 29.2 Å². The molecule has 0 aromatic heterocycles. The van der Waals surface area contributed by atoms with Gasteiger partial charge < -0.3 is 29.8 Å². The smallest absolute Gasteiger partial charge is 0.744 e. The van der Waals surface area contributed by atoms with Crippen LogP contribution in [0.3, 0.4) is 0 Å². The summed E-state index contributed by atoms with van der Waals surface area (Å²) in [5.74, 6) is -2.64. The standard InChI is InChI=1S/C30H20N8O11S2.CO2.5Na.O3S/c1-15-12-17(8-11-21(15)34-35-22-5-3-2-4-19(22)30(40)41)33-36-23-14-24(50(44,45)46)20-13-25(51(47,48)49)28(29(39)26(20)27(23)31)37-32-16-6-9-18(10-7-16)38(42)43;2-1-3;;;;;;1-4(2)3/h3-6,8-14,39H,31H2,1H3,(H,40,41)(H,44,45,46)(H,47,48,49);;;;;;;/q-2;;5*+1;/p-3. The summed E-state index contributed by atoms with van der Waals surface area (Å²) in [4.78, 5) is 35.4. The molecule has 3 N–H and O–H groups in total. The van der Waals surface area contributed by atoms with Crippen LogP contribution in [0.5, 0.6) is 5.75 Å². The predicted molar refractivity (Wildman–Crippen MR) is 186 cm³/mol. The minimum Gasteiger partial charge on any atom is -0.744 e. The molecule has 5 rings (SSSR count). The number of aromatic hydroxyl groups is 1. The first-order chi connectivity index (χ1) is 27.1. The van der Waals surface area contributed by atoms with Crippen LogP contribution >= 0.6 is 0 Å². The molecule has 0 fully saturated rings. The van der Waals surface area contributed by atoms with Crippen LogP contribution in [0.25, 0.3) is 10.8 Å². The number of aromatic carboxylic acids is 1. The van der Waals surface area contributed by atoms with Crippen LogP contribution in [0.1, 0.15) is 15.9 Å². The van der Waals surface area contributed by atoms with Crippen molar-refractivity contribution < 1.29 is 216 Å². The third-order valence-electron chi connectivity index (χ3n) is 6.88. The number of hydrogen-bond acceptors (Lipinski definition) is 23. The number of hydrogen-bond donors (Lipinski definition) is 2. The predicted octanol–water partition coefficient (Wildman–Crippen LogP) is -11.2. The Hall–Kier alpha value is -2.55. The summed E-state index contributed by atoms with van der Waals surface area (Å²) in [6.07, 6.45) is 0.250. The largest absolute Gasteiger partial charge is 1.00 e. The zero-order valence-corrected chi connectivity index (χ0v) is 45.8. The zero-order chi connectivity index (χ0) is 43.5. The number of azo groups is 3. The van der Waals surface area contributed by atoms with Gasteiger partial charge in [-0.2, -0.15) is 48.2 Å². The van der Waals surface area contributed by atoms with E-state index >= 15 is 0 Å². The van der Waals surface area contributed by atoms with Crippen LogP contribution in [-0.4, -0.2) is 60.7 Å². The van der Waals surface area contributed by atoms with E-state index in [4.69, 9.17) is 27.9 Å². The Morgan fingerprint density at radius 1 is 0.794 bits per heavy atom. The number of phenols is 1. The first kappa shape index (κ1) is 64.7. The molecule has 0 unspecified atom stereocenters. The second kappa shape index (κ2) is 29.2. The van der Waals surface area contributed by atoms with Gasteiger partial charge in [-0.1, -0.05) is 17.7 Å². The Morgan fingerprint density at radius 2 is 1.35 bits per heavy atom. The van der Waals surface area contributed by atoms with Crippen LogP contribution in [0.15, 0.2) is 107 Å². The van der Waals surface area contributed by atoms with E-state index in [1.165, 1.54) is 36.4 Å². The number of fused-ring (bicyclic) bond motifs is 1. The van der Waals surface area contributed by atoms with Gasteiger partial charge in [-0.15, -0.1) is 41.1 Å². The molecule has 0 radical (unpaired) electrons. The van der Waals surface area contributed by atoms with E-state index in [0.717, 1.165) is 18.2 Å². The van der Waals surface area contributed by atoms with Gasteiger partial charge in [0.25, 0.3) is 0 Å². The molecule has 5 aromatic carbocycles. The molecule has 0 aliphatic carbocycles. The second-order valence-corrected chi connectivity index (χ2v) is 13.6. The number of benzene rings is 5. The van der Waals surface area contributed by atoms with Gasteiger partial charge in [0.05, 0.1) is 32.2 Å². The van der Waals surface area contributed by atoms with Crippen LogP contribution in [0.2, 0.25) is 0 Å². The molecule has 0 atom stereocenters. The Morgan fingerprint density at radius 3 is 1.84 bits per heavy atom. The molecule has 32 heteroatoms. The molecule has 5 aromatic rings. The maximum Gasteiger partial charge on any atom is 1.00 e. The Kier molecular flexibility index (Phi) is 30.0. The monoisotopic (exact) mass is 968 g/mol. The zero-order valence-electron chi connectivity index (χ0n) is 33.4. The minimum atomic E-state index is -5.52. The summed E-state index contributed by atoms with van der Waals surface area (Å²) in [6.45, 7) is 1.61. The Balaban J connectivity index is -0.00000280. The van der Waals surface area contributed by atoms with Crippen LogP contribution < -0.4 is 159 Å². The molecule has 24 nitrogen and oxygen atoms in total. The van der Waals surface area contributed by atoms with E-state index in [9.17, 15) is 51.1 Å². The van der Waals surface area contributed by atoms with Crippen molar-refractivity contribution in [1.29, 1.82) is 0 Å². The van der Waals surface area contributed by atoms with Crippen molar-refractivity contribution in [2.24, 2.45) is 30.7 Å². The number of nitro benzene ring substituents is 1. The van der Waals surface area contributed by atoms with Gasteiger partial charge in [-0.25, -0.2) is 16.8 Å². The van der Waals surface area contributed by atoms with Crippen molar-refractivity contribution in [1.82, 2.24) is 0 Å². The van der Waals surface area contributed by atoms with E-state index in [2.05, 4.69) is 42.8 Å². The molecule has 300 valence electrons. The van der Waals surface area contributed by atoms with Crippen molar-refractivity contribution in [2.75, 3.05) is 5.73 Å². The number of carbonyl (C=O) groups is 1. The number of carboxylic acid groups (broad SMARTS) is 1. The first-order valence-corrected chi connectivity index (χ1v) is 18.5. The molecule has 0 aliphatic heterocycles. The van der Waals surface area contributed by atoms with Gasteiger partial charge in [-0.3, -0.25) is 10.1 Å². The van der Waals surface area contributed by atoms with Crippen LogP contribution in [0.4, 0.5) is 45.5 Å². The Bertz CT molecular complexity index is 2940. The number of phenolic OH excluding ortho intramolecular Hbond substituents is 1. The number of nitro groups is 1. The number of non-ortho nitro benzene ring substituents is 1. The summed E-state index contributed by atoms with van der Waals surface area (Å²) < 4.78 is 98.8. The summed E-state index contributed by atoms with van der Waals surface area (Å²) in [5.41, 5.74) is 4.37. The first-order valence-electron chi connectivity index (χ1n) is 14.6. The number of nitrogen functional groups attached to an aromatic ring is 1. The van der Waals surface area contributed by atoms with Crippen molar-refractivity contribution in [3.8, 4) is 5.75 Å². The third kappa shape index (κ3) is 18.7. The second-order valence-electron chi connectivity index (χ2n) is 10.5. The van der Waals surface area contributed by atoms with E-state index in [0.29, 0.717) is 23.4 Å². The number of anilines is 1. The summed E-state index contributed by atoms with van der Waals surface area (Å²) in [6, 6.07) is 17.5. The maximum atomic E-state index is 12.3. The van der Waals surface area contributed by atoms with E-state index < -0.39 is 85.1 Å². The average Bonchev–Trinajstić information content (AvgIpc) is 3.13. The molecule has 0 spiro atoms. The van der Waals surface area contributed by atoms with Crippen molar-refractivity contribution >= 4 is 99.2 Å². The molecule has 0 bridgehead atoms. The SMILES string of the molecule is Cc1cc(N=Nc2cc(S(=O)(=O)[O-])c3cc(S(=O)(=O)[O-])c(N=Nc4[c-]cc([N+](=O)[O-])cc4)c(O)c3c2N)ccc1N=Nc1cc[c-]cc1C(=O)[O-].O=C=O.O=S(=O)=O.[Na+].[Na+].[Na+].[Na+].[Na+]. The van der Waals surface area contributed by atoms with Gasteiger partial charge in [0.2, 0.25) is 0 Å². The van der Waals surface area contributed by atoms with Gasteiger partial charge in [0, 0.05) is 16.3 Å². The molecule has 0 saturated carbocycles. The summed E-state index contributed by atoms with van der Waals surface area (Å²) in [5, 5.41) is 55.1. The van der Waals surface area contributed by atoms with Gasteiger partial charge >= 0.3 is 165 Å². The quantitative estimate of drug-likeness (QED) is 0.0250. The molecule has 0 saturated heterocycles. The number of nitrogens with two attached hydrogens (primary N) is 1. The minimum absolute atomic E-state index is 0. The van der Waals surface area contributed by atoms with Gasteiger partial charge in [0.1, 0.15) is 31.6 Å². The Labute approximate surface area is 467 Å². The molecule has 0 amide bonds. The molecular weight excluding hydrogens is 952 g/mol. The number of carboxylic acids is 1. The third-order valence-corrected chi connectivity index (χ3v) is 8.61. The van der Waals surface area contributed by atoms with E-state index in [1.807, 2.05) is 0 Å². The summed E-state index contributed by atoms with van der Waals surface area (Å²) in [7, 11) is -14.1. The van der Waals surface area contributed by atoms with Crippen molar-refractivity contribution in [2.45, 2.75) is 16.7 Å². The molecule has 63 heavy (non-hydrogen) atoms. The van der Waals surface area contributed by atoms with Gasteiger partial charge in [0.15, 0.2) is 11.4 Å². The van der Waals surface area contributed by atoms with Crippen molar-refractivity contribution in [3.63, 3.8) is 0 Å². The molecule has 0 heterocycles. The average molecular weight is 969 g/mol. The molecule has 0 aliphatic rings. The number of carbonyl (C=O) groups excluding carboxylic acids is 3. The number of nitrogens with zero attached hydrogens (tertiary/aromatic N) is 7. The fourth-order valence-corrected chi connectivity index (χ4v) is 5.80. The fraction of sp³-hybridized carbons (Fsp3) is 0.0323. The van der Waals surface area contributed by atoms with Crippen molar-refractivity contribution in [3.05, 3.63) is 100 Å². The maximum absolute atomic E-state index is 12.3. The molecular formula is C31H17N8Na5O16S3. The number of aryl methyl sites for hydroxylation is 1. The number of rotatable bonds is 10. The normalized spacial score (nSPS) is 10.5. The topological polar surface area (TPSA) is 403 Å². The fourth-order valence-electron chi connectivity index (χ4n) is 4.48. The van der Waals surface area contributed by atoms with E-state index in [-0.39, 0.29) is 182 Å². The van der Waals surface area contributed by atoms with Gasteiger partial charge in [-0.05, 0) is 54.2 Å². The summed E-state index contributed by atoms with van der Waals surface area (Å²) >= 11 is 0. The van der Waals surface area contributed by atoms with Crippen LogP contribution in [-0.2, 0) is 40.4 Å².